The number of anilines is 1. The van der Waals surface area contributed by atoms with Crippen LogP contribution in [0, 0.1) is 5.92 Å². The van der Waals surface area contributed by atoms with Gasteiger partial charge in [0.25, 0.3) is 0 Å². The molecule has 0 saturated heterocycles. The minimum absolute atomic E-state index is 0.101. The van der Waals surface area contributed by atoms with E-state index in [0.29, 0.717) is 24.0 Å². The predicted molar refractivity (Wildman–Crippen MR) is 80.1 cm³/mol. The average molecular weight is 280 g/mol. The van der Waals surface area contributed by atoms with E-state index >= 15 is 0 Å². The molecule has 1 amide bonds. The lowest BCUT2D eigenvalue weighted by molar-refractivity contribution is -0.115. The van der Waals surface area contributed by atoms with Gasteiger partial charge in [-0.15, -0.1) is 0 Å². The van der Waals surface area contributed by atoms with E-state index in [1.807, 2.05) is 24.3 Å². The van der Waals surface area contributed by atoms with Crippen molar-refractivity contribution in [2.75, 3.05) is 32.7 Å². The molecule has 5 nitrogen and oxygen atoms in total. The maximum absolute atomic E-state index is 11.9. The smallest absolute Gasteiger partial charge is 0.238 e. The van der Waals surface area contributed by atoms with E-state index in [9.17, 15) is 4.79 Å². The number of hydrogen-bond donors (Lipinski definition) is 2. The standard InChI is InChI=1S/C15H24N2O3/c1-11(2)13(10-19-3)16-9-15(18)17-12-7-5-6-8-14(12)20-4/h5-8,11,13,16H,9-10H2,1-4H3,(H,17,18). The van der Waals surface area contributed by atoms with Gasteiger partial charge in [-0.2, -0.15) is 0 Å². The fraction of sp³-hybridized carbons (Fsp3) is 0.533. The molecule has 1 atom stereocenters. The normalized spacial score (nSPS) is 12.2. The number of methoxy groups -OCH3 is 2. The third-order valence-corrected chi connectivity index (χ3v) is 3.06. The number of carbonyl (C=O) groups excluding carboxylic acids is 1. The zero-order chi connectivity index (χ0) is 15.0. The van der Waals surface area contributed by atoms with Crippen molar-refractivity contribution in [1.82, 2.24) is 5.32 Å². The SMILES string of the molecule is COCC(NCC(=O)Nc1ccccc1OC)C(C)C. The third-order valence-electron chi connectivity index (χ3n) is 3.06. The van der Waals surface area contributed by atoms with Gasteiger partial charge >= 0.3 is 0 Å². The van der Waals surface area contributed by atoms with Crippen molar-refractivity contribution in [2.24, 2.45) is 5.92 Å². The van der Waals surface area contributed by atoms with E-state index in [1.165, 1.54) is 0 Å². The molecule has 0 spiro atoms. The molecule has 0 aliphatic heterocycles. The fourth-order valence-electron chi connectivity index (χ4n) is 1.83. The zero-order valence-corrected chi connectivity index (χ0v) is 12.6. The van der Waals surface area contributed by atoms with Crippen LogP contribution in [0.4, 0.5) is 5.69 Å². The Hall–Kier alpha value is -1.59. The number of rotatable bonds is 8. The second kappa shape index (κ2) is 8.55. The van der Waals surface area contributed by atoms with Gasteiger partial charge in [0.05, 0.1) is 25.9 Å². The molecule has 0 aliphatic rings. The fourth-order valence-corrected chi connectivity index (χ4v) is 1.83. The number of nitrogens with one attached hydrogen (secondary N) is 2. The van der Waals surface area contributed by atoms with E-state index in [-0.39, 0.29) is 18.5 Å². The van der Waals surface area contributed by atoms with Gasteiger partial charge in [-0.25, -0.2) is 0 Å². The molecular formula is C15H24N2O3. The van der Waals surface area contributed by atoms with Gasteiger partial charge in [0.2, 0.25) is 5.91 Å². The summed E-state index contributed by atoms with van der Waals surface area (Å²) in [5, 5.41) is 6.03. The summed E-state index contributed by atoms with van der Waals surface area (Å²) >= 11 is 0. The van der Waals surface area contributed by atoms with Gasteiger partial charge in [-0.05, 0) is 18.1 Å². The molecule has 0 radical (unpaired) electrons. The van der Waals surface area contributed by atoms with Crippen molar-refractivity contribution in [3.05, 3.63) is 24.3 Å². The van der Waals surface area contributed by atoms with Crippen molar-refractivity contribution < 1.29 is 14.3 Å². The molecule has 0 saturated carbocycles. The first-order chi connectivity index (χ1) is 9.58. The van der Waals surface area contributed by atoms with Crippen molar-refractivity contribution >= 4 is 11.6 Å². The van der Waals surface area contributed by atoms with Crippen LogP contribution < -0.4 is 15.4 Å². The van der Waals surface area contributed by atoms with E-state index in [1.54, 1.807) is 14.2 Å². The Morgan fingerprint density at radius 3 is 2.55 bits per heavy atom. The summed E-state index contributed by atoms with van der Waals surface area (Å²) in [6.07, 6.45) is 0. The Morgan fingerprint density at radius 1 is 1.25 bits per heavy atom. The molecule has 1 rings (SSSR count). The van der Waals surface area contributed by atoms with E-state index in [0.717, 1.165) is 0 Å². The van der Waals surface area contributed by atoms with Crippen LogP contribution in [0.2, 0.25) is 0 Å². The van der Waals surface area contributed by atoms with Gasteiger partial charge in [-0.1, -0.05) is 26.0 Å². The van der Waals surface area contributed by atoms with Crippen LogP contribution in [0.3, 0.4) is 0 Å². The van der Waals surface area contributed by atoms with Crippen LogP contribution in [-0.4, -0.2) is 39.3 Å². The van der Waals surface area contributed by atoms with E-state index in [4.69, 9.17) is 9.47 Å². The van der Waals surface area contributed by atoms with Crippen LogP contribution >= 0.6 is 0 Å². The summed E-state index contributed by atoms with van der Waals surface area (Å²) in [5.41, 5.74) is 0.676. The van der Waals surface area contributed by atoms with Crippen LogP contribution in [0.25, 0.3) is 0 Å². The summed E-state index contributed by atoms with van der Waals surface area (Å²) in [5.74, 6) is 0.948. The highest BCUT2D eigenvalue weighted by Crippen LogP contribution is 2.22. The summed E-state index contributed by atoms with van der Waals surface area (Å²) in [4.78, 5) is 11.9. The molecule has 5 heteroatoms. The number of hydrogen-bond acceptors (Lipinski definition) is 4. The summed E-state index contributed by atoms with van der Waals surface area (Å²) in [7, 11) is 3.24. The number of para-hydroxylation sites is 2. The van der Waals surface area contributed by atoms with E-state index < -0.39 is 0 Å². The number of carbonyl (C=O) groups is 1. The van der Waals surface area contributed by atoms with Crippen LogP contribution in [-0.2, 0) is 9.53 Å². The van der Waals surface area contributed by atoms with Gasteiger partial charge in [-0.3, -0.25) is 4.79 Å². The lowest BCUT2D eigenvalue weighted by Crippen LogP contribution is -2.42. The van der Waals surface area contributed by atoms with Crippen LogP contribution in [0.15, 0.2) is 24.3 Å². The third kappa shape index (κ3) is 5.19. The van der Waals surface area contributed by atoms with Gasteiger partial charge < -0.3 is 20.1 Å². The molecule has 1 aromatic rings. The van der Waals surface area contributed by atoms with Gasteiger partial charge in [0.15, 0.2) is 0 Å². The highest BCUT2D eigenvalue weighted by Gasteiger charge is 2.14. The Labute approximate surface area is 120 Å². The van der Waals surface area contributed by atoms with Crippen molar-refractivity contribution in [3.63, 3.8) is 0 Å². The molecule has 112 valence electrons. The molecular weight excluding hydrogens is 256 g/mol. The highest BCUT2D eigenvalue weighted by atomic mass is 16.5. The predicted octanol–water partition coefficient (Wildman–Crippen LogP) is 1.89. The molecule has 20 heavy (non-hydrogen) atoms. The molecule has 0 aliphatic carbocycles. The highest BCUT2D eigenvalue weighted by molar-refractivity contribution is 5.93. The lowest BCUT2D eigenvalue weighted by Gasteiger charge is -2.21. The second-order valence-electron chi connectivity index (χ2n) is 4.94. The summed E-state index contributed by atoms with van der Waals surface area (Å²) < 4.78 is 10.3. The molecule has 1 unspecified atom stereocenters. The zero-order valence-electron chi connectivity index (χ0n) is 12.6. The monoisotopic (exact) mass is 280 g/mol. The maximum Gasteiger partial charge on any atom is 0.238 e. The minimum atomic E-state index is -0.101. The summed E-state index contributed by atoms with van der Waals surface area (Å²) in [6, 6.07) is 7.49. The summed E-state index contributed by atoms with van der Waals surface area (Å²) in [6.45, 7) is 5.01. The average Bonchev–Trinajstić information content (AvgIpc) is 2.43. The number of amides is 1. The maximum atomic E-state index is 11.9. The van der Waals surface area contributed by atoms with Crippen LogP contribution in [0.5, 0.6) is 5.75 Å². The minimum Gasteiger partial charge on any atom is -0.495 e. The molecule has 1 aromatic carbocycles. The Kier molecular flexibility index (Phi) is 7.04. The first kappa shape index (κ1) is 16.5. The Balaban J connectivity index is 2.51. The molecule has 0 bridgehead atoms. The largest absolute Gasteiger partial charge is 0.495 e. The first-order valence-corrected chi connectivity index (χ1v) is 6.73. The Bertz CT molecular complexity index is 421. The Morgan fingerprint density at radius 2 is 1.95 bits per heavy atom. The van der Waals surface area contributed by atoms with Crippen LogP contribution in [0.1, 0.15) is 13.8 Å². The van der Waals surface area contributed by atoms with E-state index in [2.05, 4.69) is 24.5 Å². The van der Waals surface area contributed by atoms with Gasteiger partial charge in [0, 0.05) is 13.2 Å². The second-order valence-corrected chi connectivity index (χ2v) is 4.94. The van der Waals surface area contributed by atoms with Crippen molar-refractivity contribution in [1.29, 1.82) is 0 Å². The molecule has 0 fully saturated rings. The number of ether oxygens (including phenoxy) is 2. The van der Waals surface area contributed by atoms with Crippen molar-refractivity contribution in [3.8, 4) is 5.75 Å². The molecule has 0 aromatic heterocycles. The number of benzene rings is 1. The topological polar surface area (TPSA) is 59.6 Å². The first-order valence-electron chi connectivity index (χ1n) is 6.73. The molecule has 0 heterocycles. The quantitative estimate of drug-likeness (QED) is 0.763. The molecule has 2 N–H and O–H groups in total. The van der Waals surface area contributed by atoms with Gasteiger partial charge in [0.1, 0.15) is 5.75 Å². The lowest BCUT2D eigenvalue weighted by atomic mass is 10.1. The van der Waals surface area contributed by atoms with Crippen molar-refractivity contribution in [2.45, 2.75) is 19.9 Å².